The molecule has 0 unspecified atom stereocenters. The van der Waals surface area contributed by atoms with E-state index in [4.69, 9.17) is 9.47 Å². The van der Waals surface area contributed by atoms with Crippen LogP contribution in [0.5, 0.6) is 11.5 Å². The van der Waals surface area contributed by atoms with E-state index in [1.165, 1.54) is 37.5 Å². The van der Waals surface area contributed by atoms with Crippen LogP contribution in [0.1, 0.15) is 11.1 Å². The Balaban J connectivity index is 1.64. The zero-order chi connectivity index (χ0) is 23.1. The zero-order valence-electron chi connectivity index (χ0n) is 18.0. The largest absolute Gasteiger partial charge is 0.493 e. The SMILES string of the molecule is COc1ccc(/C=C/C(=O)Nc2ccc(S(=O)(=O)Nc3ccc(C)cc3)cc2)cc1OC. The third-order valence-electron chi connectivity index (χ3n) is 4.57. The number of nitrogens with one attached hydrogen (secondary N) is 2. The minimum atomic E-state index is -3.73. The van der Waals surface area contributed by atoms with E-state index >= 15 is 0 Å². The molecule has 0 aromatic heterocycles. The summed E-state index contributed by atoms with van der Waals surface area (Å²) in [5.41, 5.74) is 2.75. The number of ether oxygens (including phenoxy) is 2. The molecule has 0 fully saturated rings. The van der Waals surface area contributed by atoms with Gasteiger partial charge in [-0.2, -0.15) is 0 Å². The Hall–Kier alpha value is -3.78. The number of rotatable bonds is 8. The second kappa shape index (κ2) is 10.0. The summed E-state index contributed by atoms with van der Waals surface area (Å²) in [7, 11) is -0.637. The number of benzene rings is 3. The normalized spacial score (nSPS) is 11.2. The Morgan fingerprint density at radius 2 is 1.47 bits per heavy atom. The first-order valence-electron chi connectivity index (χ1n) is 9.71. The molecule has 0 aliphatic carbocycles. The number of methoxy groups -OCH3 is 2. The number of hydrogen-bond donors (Lipinski definition) is 2. The van der Waals surface area contributed by atoms with Gasteiger partial charge in [-0.1, -0.05) is 23.8 Å². The van der Waals surface area contributed by atoms with Gasteiger partial charge in [0.25, 0.3) is 10.0 Å². The van der Waals surface area contributed by atoms with Gasteiger partial charge >= 0.3 is 0 Å². The molecule has 0 heterocycles. The second-order valence-electron chi connectivity index (χ2n) is 6.93. The molecule has 166 valence electrons. The first-order chi connectivity index (χ1) is 15.3. The highest BCUT2D eigenvalue weighted by atomic mass is 32.2. The molecule has 2 N–H and O–H groups in total. The van der Waals surface area contributed by atoms with Crippen LogP contribution >= 0.6 is 0 Å². The van der Waals surface area contributed by atoms with Gasteiger partial charge in [-0.3, -0.25) is 9.52 Å². The third-order valence-corrected chi connectivity index (χ3v) is 5.97. The highest BCUT2D eigenvalue weighted by Crippen LogP contribution is 2.28. The van der Waals surface area contributed by atoms with Crippen molar-refractivity contribution in [2.45, 2.75) is 11.8 Å². The maximum absolute atomic E-state index is 12.5. The molecule has 3 aromatic carbocycles. The fraction of sp³-hybridized carbons (Fsp3) is 0.125. The summed E-state index contributed by atoms with van der Waals surface area (Å²) in [6, 6.07) is 18.3. The molecule has 7 nitrogen and oxygen atoms in total. The smallest absolute Gasteiger partial charge is 0.261 e. The predicted octanol–water partition coefficient (Wildman–Crippen LogP) is 4.46. The number of carbonyl (C=O) groups is 1. The van der Waals surface area contributed by atoms with Crippen LogP contribution in [0.4, 0.5) is 11.4 Å². The Kier molecular flexibility index (Phi) is 7.17. The average molecular weight is 453 g/mol. The van der Waals surface area contributed by atoms with Crippen LogP contribution in [-0.4, -0.2) is 28.5 Å². The standard InChI is InChI=1S/C24H24N2O5S/c1-17-4-8-20(9-5-17)26-32(28,29)21-12-10-19(11-13-21)25-24(27)15-7-18-6-14-22(30-2)23(16-18)31-3/h4-16,26H,1-3H3,(H,25,27)/b15-7+. The van der Waals surface area contributed by atoms with Crippen LogP contribution in [0, 0.1) is 6.92 Å². The fourth-order valence-corrected chi connectivity index (χ4v) is 3.92. The van der Waals surface area contributed by atoms with Crippen LogP contribution < -0.4 is 19.5 Å². The first-order valence-corrected chi connectivity index (χ1v) is 11.2. The molecule has 0 spiro atoms. The molecule has 0 radical (unpaired) electrons. The lowest BCUT2D eigenvalue weighted by Gasteiger charge is -2.09. The van der Waals surface area contributed by atoms with Gasteiger partial charge in [-0.05, 0) is 67.1 Å². The number of anilines is 2. The lowest BCUT2D eigenvalue weighted by atomic mass is 10.2. The van der Waals surface area contributed by atoms with Gasteiger partial charge in [-0.25, -0.2) is 8.42 Å². The summed E-state index contributed by atoms with van der Waals surface area (Å²) in [4.78, 5) is 12.3. The van der Waals surface area contributed by atoms with Gasteiger partial charge in [0.2, 0.25) is 5.91 Å². The van der Waals surface area contributed by atoms with E-state index in [0.29, 0.717) is 22.9 Å². The molecule has 1 amide bonds. The lowest BCUT2D eigenvalue weighted by Crippen LogP contribution is -2.13. The molecular formula is C24H24N2O5S. The predicted molar refractivity (Wildman–Crippen MR) is 126 cm³/mol. The summed E-state index contributed by atoms with van der Waals surface area (Å²) in [6.45, 7) is 1.92. The summed E-state index contributed by atoms with van der Waals surface area (Å²) < 4.78 is 38.1. The second-order valence-corrected chi connectivity index (χ2v) is 8.62. The Morgan fingerprint density at radius 1 is 0.844 bits per heavy atom. The molecular weight excluding hydrogens is 428 g/mol. The van der Waals surface area contributed by atoms with E-state index in [0.717, 1.165) is 11.1 Å². The summed E-state index contributed by atoms with van der Waals surface area (Å²) >= 11 is 0. The van der Waals surface area contributed by atoms with E-state index in [9.17, 15) is 13.2 Å². The van der Waals surface area contributed by atoms with Gasteiger partial charge in [0.1, 0.15) is 0 Å². The van der Waals surface area contributed by atoms with Crippen LogP contribution in [0.15, 0.2) is 77.7 Å². The van der Waals surface area contributed by atoms with Gasteiger partial charge < -0.3 is 14.8 Å². The maximum atomic E-state index is 12.5. The fourth-order valence-electron chi connectivity index (χ4n) is 2.87. The first kappa shape index (κ1) is 22.9. The molecule has 3 rings (SSSR count). The van der Waals surface area contributed by atoms with Crippen molar-refractivity contribution in [2.75, 3.05) is 24.3 Å². The van der Waals surface area contributed by atoms with Crippen molar-refractivity contribution in [1.82, 2.24) is 0 Å². The Morgan fingerprint density at radius 3 is 2.09 bits per heavy atom. The van der Waals surface area contributed by atoms with Gasteiger partial charge in [-0.15, -0.1) is 0 Å². The number of aryl methyl sites for hydroxylation is 1. The maximum Gasteiger partial charge on any atom is 0.261 e. The number of hydrogen-bond acceptors (Lipinski definition) is 5. The van der Waals surface area contributed by atoms with Crippen molar-refractivity contribution in [3.63, 3.8) is 0 Å². The van der Waals surface area contributed by atoms with Crippen molar-refractivity contribution in [3.8, 4) is 11.5 Å². The van der Waals surface area contributed by atoms with Gasteiger partial charge in [0, 0.05) is 17.5 Å². The van der Waals surface area contributed by atoms with Crippen LogP contribution in [0.3, 0.4) is 0 Å². The van der Waals surface area contributed by atoms with Gasteiger partial charge in [0.15, 0.2) is 11.5 Å². The third kappa shape index (κ3) is 5.89. The minimum absolute atomic E-state index is 0.0944. The average Bonchev–Trinajstić information content (AvgIpc) is 2.79. The van der Waals surface area contributed by atoms with E-state index in [1.807, 2.05) is 19.1 Å². The molecule has 0 atom stereocenters. The molecule has 0 aliphatic rings. The van der Waals surface area contributed by atoms with Crippen molar-refractivity contribution < 1.29 is 22.7 Å². The van der Waals surface area contributed by atoms with Crippen molar-refractivity contribution in [2.24, 2.45) is 0 Å². The minimum Gasteiger partial charge on any atom is -0.493 e. The monoisotopic (exact) mass is 452 g/mol. The molecule has 0 saturated heterocycles. The van der Waals surface area contributed by atoms with E-state index in [2.05, 4.69) is 10.0 Å². The van der Waals surface area contributed by atoms with E-state index in [-0.39, 0.29) is 10.8 Å². The summed E-state index contributed by atoms with van der Waals surface area (Å²) in [5, 5.41) is 2.70. The van der Waals surface area contributed by atoms with E-state index < -0.39 is 10.0 Å². The summed E-state index contributed by atoms with van der Waals surface area (Å²) in [6.07, 6.45) is 3.02. The lowest BCUT2D eigenvalue weighted by molar-refractivity contribution is -0.111. The Bertz CT molecular complexity index is 1220. The van der Waals surface area contributed by atoms with Crippen LogP contribution in [-0.2, 0) is 14.8 Å². The number of amides is 1. The van der Waals surface area contributed by atoms with Crippen molar-refractivity contribution >= 4 is 33.4 Å². The Labute approximate surface area is 187 Å². The molecule has 0 aliphatic heterocycles. The summed E-state index contributed by atoms with van der Waals surface area (Å²) in [5.74, 6) is 0.806. The topological polar surface area (TPSA) is 93.7 Å². The molecule has 0 saturated carbocycles. The highest BCUT2D eigenvalue weighted by Gasteiger charge is 2.14. The number of sulfonamides is 1. The molecule has 3 aromatic rings. The number of carbonyl (C=O) groups excluding carboxylic acids is 1. The molecule has 8 heteroatoms. The van der Waals surface area contributed by atoms with Gasteiger partial charge in [0.05, 0.1) is 19.1 Å². The quantitative estimate of drug-likeness (QED) is 0.492. The van der Waals surface area contributed by atoms with Crippen LogP contribution in [0.25, 0.3) is 6.08 Å². The zero-order valence-corrected chi connectivity index (χ0v) is 18.8. The van der Waals surface area contributed by atoms with E-state index in [1.54, 1.807) is 43.5 Å². The van der Waals surface area contributed by atoms with Crippen LogP contribution in [0.2, 0.25) is 0 Å². The van der Waals surface area contributed by atoms with Crippen molar-refractivity contribution in [3.05, 3.63) is 83.9 Å². The van der Waals surface area contributed by atoms with Crippen molar-refractivity contribution in [1.29, 1.82) is 0 Å². The molecule has 32 heavy (non-hydrogen) atoms. The molecule has 0 bridgehead atoms. The highest BCUT2D eigenvalue weighted by molar-refractivity contribution is 7.92.